The molecule has 0 fully saturated rings. The van der Waals surface area contributed by atoms with Gasteiger partial charge in [0.25, 0.3) is 0 Å². The zero-order valence-corrected chi connectivity index (χ0v) is 13.2. The smallest absolute Gasteiger partial charge is 0.142 e. The second-order valence-electron chi connectivity index (χ2n) is 5.54. The van der Waals surface area contributed by atoms with E-state index in [4.69, 9.17) is 4.74 Å². The molecule has 2 nitrogen and oxygen atoms in total. The minimum absolute atomic E-state index is 0.464. The van der Waals surface area contributed by atoms with Gasteiger partial charge in [-0.2, -0.15) is 0 Å². The minimum Gasteiger partial charge on any atom is -0.491 e. The Morgan fingerprint density at radius 2 is 1.86 bits per heavy atom. The van der Waals surface area contributed by atoms with Crippen molar-refractivity contribution in [3.63, 3.8) is 0 Å². The molecule has 0 spiro atoms. The Balaban J connectivity index is 2.02. The van der Waals surface area contributed by atoms with Crippen molar-refractivity contribution in [3.05, 3.63) is 59.7 Å². The maximum atomic E-state index is 5.84. The molecule has 0 amide bonds. The van der Waals surface area contributed by atoms with E-state index in [1.165, 1.54) is 11.1 Å². The number of rotatable bonds is 7. The SMILES string of the molecule is CCCOc1cc(C)ccc1NCC(C)c1ccccc1. The lowest BCUT2D eigenvalue weighted by atomic mass is 10.0. The molecule has 0 aliphatic heterocycles. The van der Waals surface area contributed by atoms with E-state index in [2.05, 4.69) is 74.6 Å². The van der Waals surface area contributed by atoms with Crippen molar-refractivity contribution in [1.29, 1.82) is 0 Å². The molecule has 0 aliphatic rings. The summed E-state index contributed by atoms with van der Waals surface area (Å²) < 4.78 is 5.84. The summed E-state index contributed by atoms with van der Waals surface area (Å²) in [5.74, 6) is 1.42. The van der Waals surface area contributed by atoms with Crippen LogP contribution in [-0.2, 0) is 0 Å². The quantitative estimate of drug-likeness (QED) is 0.772. The minimum atomic E-state index is 0.464. The third-order valence-electron chi connectivity index (χ3n) is 3.57. The number of hydrogen-bond donors (Lipinski definition) is 1. The zero-order valence-electron chi connectivity index (χ0n) is 13.2. The Morgan fingerprint density at radius 3 is 2.57 bits per heavy atom. The molecule has 1 unspecified atom stereocenters. The van der Waals surface area contributed by atoms with Crippen molar-refractivity contribution in [2.75, 3.05) is 18.5 Å². The molecule has 1 atom stereocenters. The van der Waals surface area contributed by atoms with Gasteiger partial charge in [0.2, 0.25) is 0 Å². The lowest BCUT2D eigenvalue weighted by Crippen LogP contribution is -2.11. The van der Waals surface area contributed by atoms with E-state index in [1.54, 1.807) is 0 Å². The molecule has 0 aromatic heterocycles. The average Bonchev–Trinajstić information content (AvgIpc) is 2.52. The van der Waals surface area contributed by atoms with Crippen molar-refractivity contribution >= 4 is 5.69 Å². The highest BCUT2D eigenvalue weighted by Gasteiger charge is 2.08. The van der Waals surface area contributed by atoms with Crippen molar-refractivity contribution in [2.24, 2.45) is 0 Å². The standard InChI is InChI=1S/C19H25NO/c1-4-12-21-19-13-15(2)10-11-18(19)20-14-16(3)17-8-6-5-7-9-17/h5-11,13,16,20H,4,12,14H2,1-3H3. The van der Waals surface area contributed by atoms with Gasteiger partial charge in [-0.1, -0.05) is 50.2 Å². The van der Waals surface area contributed by atoms with E-state index in [1.807, 2.05) is 0 Å². The molecule has 2 heteroatoms. The van der Waals surface area contributed by atoms with Gasteiger partial charge in [0.1, 0.15) is 5.75 Å². The highest BCUT2D eigenvalue weighted by molar-refractivity contribution is 5.57. The van der Waals surface area contributed by atoms with Gasteiger partial charge in [0.05, 0.1) is 12.3 Å². The molecule has 0 radical (unpaired) electrons. The molecule has 2 rings (SSSR count). The van der Waals surface area contributed by atoms with Gasteiger partial charge in [-0.25, -0.2) is 0 Å². The number of hydrogen-bond acceptors (Lipinski definition) is 2. The van der Waals surface area contributed by atoms with Gasteiger partial charge < -0.3 is 10.1 Å². The van der Waals surface area contributed by atoms with Crippen LogP contribution in [0.1, 0.15) is 37.3 Å². The number of nitrogens with one attached hydrogen (secondary N) is 1. The summed E-state index contributed by atoms with van der Waals surface area (Å²) >= 11 is 0. The van der Waals surface area contributed by atoms with Crippen LogP contribution in [0.25, 0.3) is 0 Å². The summed E-state index contributed by atoms with van der Waals surface area (Å²) in [5.41, 5.74) is 3.66. The van der Waals surface area contributed by atoms with Crippen molar-refractivity contribution in [3.8, 4) is 5.75 Å². The first-order valence-corrected chi connectivity index (χ1v) is 7.73. The maximum Gasteiger partial charge on any atom is 0.142 e. The Kier molecular flexibility index (Phi) is 5.68. The normalized spacial score (nSPS) is 12.0. The molecule has 0 saturated carbocycles. The highest BCUT2D eigenvalue weighted by Crippen LogP contribution is 2.27. The van der Waals surface area contributed by atoms with Crippen LogP contribution in [-0.4, -0.2) is 13.2 Å². The van der Waals surface area contributed by atoms with Crippen LogP contribution >= 0.6 is 0 Å². The fourth-order valence-corrected chi connectivity index (χ4v) is 2.27. The number of anilines is 1. The second-order valence-corrected chi connectivity index (χ2v) is 5.54. The first-order chi connectivity index (χ1) is 10.2. The third-order valence-corrected chi connectivity index (χ3v) is 3.57. The number of aryl methyl sites for hydroxylation is 1. The summed E-state index contributed by atoms with van der Waals surface area (Å²) in [6.07, 6.45) is 1.02. The number of ether oxygens (including phenoxy) is 1. The fourth-order valence-electron chi connectivity index (χ4n) is 2.27. The molecule has 0 saturated heterocycles. The van der Waals surface area contributed by atoms with E-state index in [9.17, 15) is 0 Å². The van der Waals surface area contributed by atoms with Gasteiger partial charge in [-0.15, -0.1) is 0 Å². The lowest BCUT2D eigenvalue weighted by Gasteiger charge is -2.17. The molecular weight excluding hydrogens is 258 g/mol. The van der Waals surface area contributed by atoms with E-state index in [0.29, 0.717) is 5.92 Å². The van der Waals surface area contributed by atoms with Gasteiger partial charge in [0.15, 0.2) is 0 Å². The van der Waals surface area contributed by atoms with Crippen molar-refractivity contribution < 1.29 is 4.74 Å². The summed E-state index contributed by atoms with van der Waals surface area (Å²) in [6, 6.07) is 16.9. The van der Waals surface area contributed by atoms with Crippen LogP contribution in [0.2, 0.25) is 0 Å². The maximum absolute atomic E-state index is 5.84. The van der Waals surface area contributed by atoms with Gasteiger partial charge in [-0.3, -0.25) is 0 Å². The summed E-state index contributed by atoms with van der Waals surface area (Å²) in [7, 11) is 0. The van der Waals surface area contributed by atoms with Gasteiger partial charge in [0, 0.05) is 6.54 Å². The predicted molar refractivity (Wildman–Crippen MR) is 90.3 cm³/mol. The van der Waals surface area contributed by atoms with Crippen LogP contribution < -0.4 is 10.1 Å². The van der Waals surface area contributed by atoms with E-state index < -0.39 is 0 Å². The Labute approximate surface area is 128 Å². The third kappa shape index (κ3) is 4.52. The van der Waals surface area contributed by atoms with Crippen LogP contribution in [0.15, 0.2) is 48.5 Å². The van der Waals surface area contributed by atoms with Gasteiger partial charge >= 0.3 is 0 Å². The van der Waals surface area contributed by atoms with E-state index in [0.717, 1.165) is 31.0 Å². The van der Waals surface area contributed by atoms with E-state index in [-0.39, 0.29) is 0 Å². The summed E-state index contributed by atoms with van der Waals surface area (Å²) in [5, 5.41) is 3.52. The number of benzene rings is 2. The molecule has 2 aromatic rings. The monoisotopic (exact) mass is 283 g/mol. The molecule has 0 bridgehead atoms. The summed E-state index contributed by atoms with van der Waals surface area (Å²) in [6.45, 7) is 8.11. The molecule has 0 heterocycles. The van der Waals surface area contributed by atoms with Crippen LogP contribution in [0.4, 0.5) is 5.69 Å². The van der Waals surface area contributed by atoms with Gasteiger partial charge in [-0.05, 0) is 42.5 Å². The van der Waals surface area contributed by atoms with Crippen molar-refractivity contribution in [1.82, 2.24) is 0 Å². The molecule has 21 heavy (non-hydrogen) atoms. The summed E-state index contributed by atoms with van der Waals surface area (Å²) in [4.78, 5) is 0. The molecule has 112 valence electrons. The van der Waals surface area contributed by atoms with Crippen molar-refractivity contribution in [2.45, 2.75) is 33.1 Å². The first kappa shape index (κ1) is 15.4. The molecule has 1 N–H and O–H groups in total. The Morgan fingerprint density at radius 1 is 1.10 bits per heavy atom. The fraction of sp³-hybridized carbons (Fsp3) is 0.368. The lowest BCUT2D eigenvalue weighted by molar-refractivity contribution is 0.318. The second kappa shape index (κ2) is 7.72. The topological polar surface area (TPSA) is 21.3 Å². The molecular formula is C19H25NO. The van der Waals surface area contributed by atoms with Crippen LogP contribution in [0.3, 0.4) is 0 Å². The van der Waals surface area contributed by atoms with Crippen LogP contribution in [0.5, 0.6) is 5.75 Å². The predicted octanol–water partition coefficient (Wildman–Crippen LogP) is 5.00. The van der Waals surface area contributed by atoms with Crippen LogP contribution in [0, 0.1) is 6.92 Å². The molecule has 2 aromatic carbocycles. The Hall–Kier alpha value is -1.96. The zero-order chi connectivity index (χ0) is 15.1. The van der Waals surface area contributed by atoms with E-state index >= 15 is 0 Å². The highest BCUT2D eigenvalue weighted by atomic mass is 16.5. The Bertz CT molecular complexity index is 551. The first-order valence-electron chi connectivity index (χ1n) is 7.73. The largest absolute Gasteiger partial charge is 0.491 e. The average molecular weight is 283 g/mol. The molecule has 0 aliphatic carbocycles.